The van der Waals surface area contributed by atoms with Gasteiger partial charge < -0.3 is 20.3 Å². The number of aryl methyl sites for hydroxylation is 1. The summed E-state index contributed by atoms with van der Waals surface area (Å²) in [7, 11) is 1.75. The van der Waals surface area contributed by atoms with Gasteiger partial charge in [-0.05, 0) is 26.8 Å². The molecule has 0 saturated heterocycles. The predicted octanol–water partition coefficient (Wildman–Crippen LogP) is 3.06. The first kappa shape index (κ1) is 22.6. The van der Waals surface area contributed by atoms with E-state index in [4.69, 9.17) is 4.74 Å². The maximum absolute atomic E-state index is 13.9. The summed E-state index contributed by atoms with van der Waals surface area (Å²) in [5, 5.41) is 10.2. The normalized spacial score (nSPS) is 15.5. The molecule has 33 heavy (non-hydrogen) atoms. The molecule has 1 aromatic carbocycles. The quantitative estimate of drug-likeness (QED) is 0.563. The van der Waals surface area contributed by atoms with Gasteiger partial charge in [-0.25, -0.2) is 13.8 Å². The van der Waals surface area contributed by atoms with Crippen LogP contribution in [0.2, 0.25) is 0 Å². The number of hydrogen-bond donors (Lipinski definition) is 2. The third-order valence-corrected chi connectivity index (χ3v) is 5.13. The molecule has 0 saturated carbocycles. The van der Waals surface area contributed by atoms with E-state index in [9.17, 15) is 13.6 Å². The molecule has 9 nitrogen and oxygen atoms in total. The minimum atomic E-state index is -0.885. The molecule has 0 spiro atoms. The number of nitrogens with one attached hydrogen (secondary N) is 2. The molecule has 11 heteroatoms. The molecule has 1 aliphatic heterocycles. The summed E-state index contributed by atoms with van der Waals surface area (Å²) >= 11 is 0. The van der Waals surface area contributed by atoms with Crippen LogP contribution in [0.15, 0.2) is 30.6 Å². The van der Waals surface area contributed by atoms with E-state index in [1.165, 1.54) is 16.8 Å². The molecular weight excluding hydrogens is 432 g/mol. The first-order valence-electron chi connectivity index (χ1n) is 10.5. The van der Waals surface area contributed by atoms with E-state index in [0.717, 1.165) is 11.6 Å². The van der Waals surface area contributed by atoms with Crippen LogP contribution in [0.3, 0.4) is 0 Å². The van der Waals surface area contributed by atoms with Crippen molar-refractivity contribution in [2.45, 2.75) is 46.2 Å². The van der Waals surface area contributed by atoms with E-state index in [1.807, 2.05) is 13.8 Å². The fourth-order valence-corrected chi connectivity index (χ4v) is 3.53. The molecular formula is C22H25F2N7O2. The van der Waals surface area contributed by atoms with Crippen molar-refractivity contribution >= 4 is 23.4 Å². The lowest BCUT2D eigenvalue weighted by atomic mass is 10.2. The predicted molar refractivity (Wildman–Crippen MR) is 119 cm³/mol. The van der Waals surface area contributed by atoms with Crippen molar-refractivity contribution < 1.29 is 18.3 Å². The third kappa shape index (κ3) is 4.77. The molecule has 3 aromatic rings. The average Bonchev–Trinajstić information content (AvgIpc) is 3.21. The zero-order chi connectivity index (χ0) is 23.7. The summed E-state index contributed by atoms with van der Waals surface area (Å²) < 4.78 is 34.6. The Kier molecular flexibility index (Phi) is 6.23. The van der Waals surface area contributed by atoms with E-state index in [0.29, 0.717) is 29.7 Å². The SMILES string of the molecule is Cc1nc(NCc2cnn(Cc3cccc(F)c3F)c2)nc2c1NC(=O)C(OC(C)C)N2C. The Hall–Kier alpha value is -3.60. The van der Waals surface area contributed by atoms with E-state index < -0.39 is 17.9 Å². The van der Waals surface area contributed by atoms with Crippen molar-refractivity contribution in [1.82, 2.24) is 19.7 Å². The number of benzene rings is 1. The lowest BCUT2D eigenvalue weighted by molar-refractivity contribution is -0.130. The van der Waals surface area contributed by atoms with Gasteiger partial charge in [0.05, 0.1) is 24.5 Å². The molecule has 1 aliphatic rings. The van der Waals surface area contributed by atoms with Crippen molar-refractivity contribution in [3.8, 4) is 0 Å². The van der Waals surface area contributed by atoms with Crippen molar-refractivity contribution in [2.75, 3.05) is 22.6 Å². The highest BCUT2D eigenvalue weighted by atomic mass is 19.2. The molecule has 4 rings (SSSR count). The molecule has 2 aromatic heterocycles. The first-order chi connectivity index (χ1) is 15.7. The molecule has 0 radical (unpaired) electrons. The number of ether oxygens (including phenoxy) is 1. The molecule has 0 aliphatic carbocycles. The van der Waals surface area contributed by atoms with Gasteiger partial charge in [0, 0.05) is 30.9 Å². The van der Waals surface area contributed by atoms with E-state index in [1.54, 1.807) is 31.3 Å². The van der Waals surface area contributed by atoms with Gasteiger partial charge in [0.15, 0.2) is 17.5 Å². The Balaban J connectivity index is 1.47. The highest BCUT2D eigenvalue weighted by molar-refractivity contribution is 6.02. The number of carbonyl (C=O) groups is 1. The van der Waals surface area contributed by atoms with Gasteiger partial charge in [0.25, 0.3) is 5.91 Å². The number of halogens is 2. The fraction of sp³-hybridized carbons (Fsp3) is 0.364. The summed E-state index contributed by atoms with van der Waals surface area (Å²) in [5.41, 5.74) is 2.19. The van der Waals surface area contributed by atoms with Gasteiger partial charge in [0.2, 0.25) is 12.2 Å². The summed E-state index contributed by atoms with van der Waals surface area (Å²) in [5.74, 6) is -1.10. The topological polar surface area (TPSA) is 97.2 Å². The smallest absolute Gasteiger partial charge is 0.274 e. The van der Waals surface area contributed by atoms with E-state index in [2.05, 4.69) is 25.7 Å². The largest absolute Gasteiger partial charge is 0.350 e. The number of anilines is 3. The van der Waals surface area contributed by atoms with Gasteiger partial charge in [-0.2, -0.15) is 10.1 Å². The Morgan fingerprint density at radius 1 is 1.27 bits per heavy atom. The van der Waals surface area contributed by atoms with Gasteiger partial charge in [-0.3, -0.25) is 9.48 Å². The highest BCUT2D eigenvalue weighted by Gasteiger charge is 2.34. The van der Waals surface area contributed by atoms with E-state index >= 15 is 0 Å². The first-order valence-corrected chi connectivity index (χ1v) is 10.5. The number of hydrogen-bond acceptors (Lipinski definition) is 7. The van der Waals surface area contributed by atoms with Gasteiger partial charge in [-0.15, -0.1) is 0 Å². The average molecular weight is 457 g/mol. The lowest BCUT2D eigenvalue weighted by Gasteiger charge is -2.35. The number of amides is 1. The molecule has 2 N–H and O–H groups in total. The minimum Gasteiger partial charge on any atom is -0.350 e. The minimum absolute atomic E-state index is 0.111. The van der Waals surface area contributed by atoms with E-state index in [-0.39, 0.29) is 24.1 Å². The Morgan fingerprint density at radius 2 is 2.06 bits per heavy atom. The van der Waals surface area contributed by atoms with Crippen LogP contribution in [0.25, 0.3) is 0 Å². The van der Waals surface area contributed by atoms with Crippen LogP contribution in [0.1, 0.15) is 30.7 Å². The van der Waals surface area contributed by atoms with Crippen LogP contribution in [0.5, 0.6) is 0 Å². The monoisotopic (exact) mass is 457 g/mol. The molecule has 1 unspecified atom stereocenters. The zero-order valence-electron chi connectivity index (χ0n) is 18.8. The van der Waals surface area contributed by atoms with Crippen LogP contribution in [0, 0.1) is 18.6 Å². The van der Waals surface area contributed by atoms with Crippen LogP contribution >= 0.6 is 0 Å². The zero-order valence-corrected chi connectivity index (χ0v) is 18.8. The molecule has 0 bridgehead atoms. The van der Waals surface area contributed by atoms with Gasteiger partial charge >= 0.3 is 0 Å². The standard InChI is InChI=1S/C22H25F2N7O2/c1-12(2)33-21-20(32)28-18-13(3)27-22(29-19(18)30(21)4)25-8-14-9-26-31(10-14)11-15-6-5-7-16(23)17(15)24/h5-7,9-10,12,21H,8,11H2,1-4H3,(H,28,32)(H,25,27,29). The van der Waals surface area contributed by atoms with Crippen molar-refractivity contribution in [3.63, 3.8) is 0 Å². The lowest BCUT2D eigenvalue weighted by Crippen LogP contribution is -2.49. The summed E-state index contributed by atoms with van der Waals surface area (Å²) in [4.78, 5) is 23.1. The van der Waals surface area contributed by atoms with Crippen LogP contribution < -0.4 is 15.5 Å². The van der Waals surface area contributed by atoms with Crippen LogP contribution in [-0.4, -0.2) is 45.0 Å². The van der Waals surface area contributed by atoms with Crippen molar-refractivity contribution in [3.05, 3.63) is 59.0 Å². The molecule has 3 heterocycles. The highest BCUT2D eigenvalue weighted by Crippen LogP contribution is 2.32. The van der Waals surface area contributed by atoms with Gasteiger partial charge in [0.1, 0.15) is 5.69 Å². The summed E-state index contributed by atoms with van der Waals surface area (Å²) in [6.07, 6.45) is 2.44. The number of aromatic nitrogens is 4. The number of nitrogens with zero attached hydrogens (tertiary/aromatic N) is 5. The second-order valence-corrected chi connectivity index (χ2v) is 8.08. The van der Waals surface area contributed by atoms with Crippen molar-refractivity contribution in [2.24, 2.45) is 0 Å². The van der Waals surface area contributed by atoms with Gasteiger partial charge in [-0.1, -0.05) is 12.1 Å². The van der Waals surface area contributed by atoms with Crippen LogP contribution in [-0.2, 0) is 22.6 Å². The molecule has 1 amide bonds. The third-order valence-electron chi connectivity index (χ3n) is 5.13. The second-order valence-electron chi connectivity index (χ2n) is 8.08. The Bertz CT molecular complexity index is 1180. The maximum atomic E-state index is 13.9. The molecule has 1 atom stereocenters. The number of likely N-dealkylation sites (N-methyl/N-ethyl adjacent to an activating group) is 1. The number of fused-ring (bicyclic) bond motifs is 1. The number of carbonyl (C=O) groups excluding carboxylic acids is 1. The van der Waals surface area contributed by atoms with Crippen LogP contribution in [0.4, 0.5) is 26.2 Å². The number of rotatable bonds is 7. The molecule has 174 valence electrons. The maximum Gasteiger partial charge on any atom is 0.274 e. The fourth-order valence-electron chi connectivity index (χ4n) is 3.53. The summed E-state index contributed by atoms with van der Waals surface area (Å²) in [6.45, 7) is 5.98. The molecule has 0 fully saturated rings. The Labute approximate surface area is 189 Å². The summed E-state index contributed by atoms with van der Waals surface area (Å²) in [6, 6.07) is 4.07. The Morgan fingerprint density at radius 3 is 2.82 bits per heavy atom. The van der Waals surface area contributed by atoms with Crippen molar-refractivity contribution in [1.29, 1.82) is 0 Å². The second kappa shape index (κ2) is 9.10.